The number of rotatable bonds is 3. The molecule has 1 aromatic carbocycles. The second-order valence-corrected chi connectivity index (χ2v) is 6.33. The number of ether oxygens (including phenoxy) is 1. The van der Waals surface area contributed by atoms with Crippen molar-refractivity contribution >= 4 is 21.6 Å². The zero-order valence-electron chi connectivity index (χ0n) is 10.8. The number of nitrogens with two attached hydrogens (primary N) is 1. The molecule has 110 valence electrons. The number of hydrogen-bond acceptors (Lipinski definition) is 4. The molecule has 1 aliphatic rings. The average molecular weight is 302 g/mol. The molecule has 0 aliphatic carbocycles. The van der Waals surface area contributed by atoms with E-state index in [1.807, 2.05) is 6.92 Å². The molecule has 1 amide bonds. The van der Waals surface area contributed by atoms with Crippen LogP contribution in [0.3, 0.4) is 0 Å². The molecule has 0 aromatic heterocycles. The molecule has 0 bridgehead atoms. The van der Waals surface area contributed by atoms with E-state index in [0.717, 1.165) is 24.6 Å². The Hall–Kier alpha value is -1.51. The maximum Gasteiger partial charge on any atom is 0.253 e. The highest BCUT2D eigenvalue weighted by atomic mass is 32.2. The summed E-state index contributed by atoms with van der Waals surface area (Å²) in [4.78, 5) is 11.6. The van der Waals surface area contributed by atoms with Crippen LogP contribution in [0, 0.1) is 11.7 Å². The Kier molecular flexibility index (Phi) is 4.07. The summed E-state index contributed by atoms with van der Waals surface area (Å²) in [6, 6.07) is 2.92. The molecule has 20 heavy (non-hydrogen) atoms. The van der Waals surface area contributed by atoms with Gasteiger partial charge in [0, 0.05) is 12.3 Å². The molecule has 2 unspecified atom stereocenters. The normalized spacial score (nSPS) is 22.8. The molecular weight excluding hydrogens is 287 g/mol. The van der Waals surface area contributed by atoms with E-state index in [-0.39, 0.29) is 11.6 Å². The molecule has 8 heteroatoms. The maximum atomic E-state index is 13.4. The fourth-order valence-corrected chi connectivity index (χ4v) is 2.61. The van der Waals surface area contributed by atoms with Crippen LogP contribution in [0.1, 0.15) is 13.3 Å². The van der Waals surface area contributed by atoms with E-state index in [9.17, 15) is 17.6 Å². The lowest BCUT2D eigenvalue weighted by Gasteiger charge is -2.15. The first-order valence-electron chi connectivity index (χ1n) is 6.03. The van der Waals surface area contributed by atoms with Crippen LogP contribution in [-0.4, -0.2) is 27.0 Å². The number of sulfonamides is 1. The Morgan fingerprint density at radius 1 is 1.45 bits per heavy atom. The molecule has 0 spiro atoms. The summed E-state index contributed by atoms with van der Waals surface area (Å²) >= 11 is 0. The SMILES string of the molecule is CC1CCOC1C(=O)Nc1cc(F)cc(S(N)(=O)=O)c1. The van der Waals surface area contributed by atoms with Gasteiger partial charge in [-0.1, -0.05) is 6.92 Å². The first kappa shape index (κ1) is 14.9. The minimum absolute atomic E-state index is 0.0294. The molecular formula is C12H15FN2O4S. The van der Waals surface area contributed by atoms with Gasteiger partial charge in [0.15, 0.2) is 0 Å². The molecule has 0 radical (unpaired) electrons. The highest BCUT2D eigenvalue weighted by molar-refractivity contribution is 7.89. The number of anilines is 1. The van der Waals surface area contributed by atoms with Crippen molar-refractivity contribution < 1.29 is 22.3 Å². The summed E-state index contributed by atoms with van der Waals surface area (Å²) in [5, 5.41) is 7.38. The fraction of sp³-hybridized carbons (Fsp3) is 0.417. The van der Waals surface area contributed by atoms with Crippen LogP contribution in [0.5, 0.6) is 0 Å². The molecule has 1 heterocycles. The summed E-state index contributed by atoms with van der Waals surface area (Å²) in [5.41, 5.74) is 0.0294. The van der Waals surface area contributed by atoms with Gasteiger partial charge in [-0.15, -0.1) is 0 Å². The first-order chi connectivity index (χ1) is 9.27. The van der Waals surface area contributed by atoms with Gasteiger partial charge in [0.2, 0.25) is 10.0 Å². The van der Waals surface area contributed by atoms with Crippen molar-refractivity contribution in [2.45, 2.75) is 24.3 Å². The molecule has 1 aliphatic heterocycles. The van der Waals surface area contributed by atoms with Crippen molar-refractivity contribution in [1.82, 2.24) is 0 Å². The molecule has 6 nitrogen and oxygen atoms in total. The number of carbonyl (C=O) groups is 1. The number of nitrogens with one attached hydrogen (secondary N) is 1. The summed E-state index contributed by atoms with van der Waals surface area (Å²) in [6.07, 6.45) is 0.153. The van der Waals surface area contributed by atoms with Gasteiger partial charge >= 0.3 is 0 Å². The monoisotopic (exact) mass is 302 g/mol. The summed E-state index contributed by atoms with van der Waals surface area (Å²) in [5.74, 6) is -1.17. The van der Waals surface area contributed by atoms with Crippen molar-refractivity contribution in [2.24, 2.45) is 11.1 Å². The van der Waals surface area contributed by atoms with Crippen LogP contribution in [-0.2, 0) is 19.6 Å². The van der Waals surface area contributed by atoms with Crippen molar-refractivity contribution in [1.29, 1.82) is 0 Å². The Bertz CT molecular complexity index is 632. The molecule has 1 saturated heterocycles. The minimum atomic E-state index is -4.04. The molecule has 2 rings (SSSR count). The Morgan fingerprint density at radius 2 is 2.15 bits per heavy atom. The first-order valence-corrected chi connectivity index (χ1v) is 7.58. The molecule has 0 saturated carbocycles. The number of primary sulfonamides is 1. The quantitative estimate of drug-likeness (QED) is 0.864. The Labute approximate surface area is 116 Å². The molecule has 3 N–H and O–H groups in total. The molecule has 1 aromatic rings. The Balaban J connectivity index is 2.21. The van der Waals surface area contributed by atoms with E-state index >= 15 is 0 Å². The second-order valence-electron chi connectivity index (χ2n) is 4.77. The topological polar surface area (TPSA) is 98.5 Å². The van der Waals surface area contributed by atoms with Gasteiger partial charge in [0.05, 0.1) is 4.90 Å². The van der Waals surface area contributed by atoms with Crippen molar-refractivity contribution in [3.63, 3.8) is 0 Å². The van der Waals surface area contributed by atoms with Crippen LogP contribution >= 0.6 is 0 Å². The van der Waals surface area contributed by atoms with Crippen LogP contribution in [0.15, 0.2) is 23.1 Å². The molecule has 2 atom stereocenters. The van der Waals surface area contributed by atoms with Gasteiger partial charge in [-0.25, -0.2) is 17.9 Å². The number of hydrogen-bond donors (Lipinski definition) is 2. The third-order valence-corrected chi connectivity index (χ3v) is 4.01. The highest BCUT2D eigenvalue weighted by Gasteiger charge is 2.31. The lowest BCUT2D eigenvalue weighted by atomic mass is 10.0. The lowest BCUT2D eigenvalue weighted by Crippen LogP contribution is -2.31. The third kappa shape index (κ3) is 3.33. The zero-order chi connectivity index (χ0) is 14.9. The van der Waals surface area contributed by atoms with Gasteiger partial charge in [0.25, 0.3) is 5.91 Å². The Morgan fingerprint density at radius 3 is 2.70 bits per heavy atom. The van der Waals surface area contributed by atoms with Gasteiger partial charge in [-0.05, 0) is 30.5 Å². The van der Waals surface area contributed by atoms with Gasteiger partial charge < -0.3 is 10.1 Å². The van der Waals surface area contributed by atoms with Gasteiger partial charge in [-0.2, -0.15) is 0 Å². The fourth-order valence-electron chi connectivity index (χ4n) is 2.04. The predicted octanol–water partition coefficient (Wildman–Crippen LogP) is 0.837. The predicted molar refractivity (Wildman–Crippen MR) is 69.9 cm³/mol. The van der Waals surface area contributed by atoms with Crippen LogP contribution in [0.2, 0.25) is 0 Å². The number of carbonyl (C=O) groups excluding carboxylic acids is 1. The standard InChI is InChI=1S/C12H15FN2O4S/c1-7-2-3-19-11(7)12(16)15-9-4-8(13)5-10(6-9)20(14,17)18/h4-7,11H,2-3H2,1H3,(H,15,16)(H2,14,17,18). The van der Waals surface area contributed by atoms with Crippen LogP contribution in [0.4, 0.5) is 10.1 Å². The van der Waals surface area contributed by atoms with Crippen molar-refractivity contribution in [3.8, 4) is 0 Å². The van der Waals surface area contributed by atoms with Crippen molar-refractivity contribution in [2.75, 3.05) is 11.9 Å². The van der Waals surface area contributed by atoms with Crippen LogP contribution < -0.4 is 10.5 Å². The van der Waals surface area contributed by atoms with Crippen molar-refractivity contribution in [3.05, 3.63) is 24.0 Å². The highest BCUT2D eigenvalue weighted by Crippen LogP contribution is 2.23. The van der Waals surface area contributed by atoms with E-state index in [4.69, 9.17) is 9.88 Å². The number of halogens is 1. The van der Waals surface area contributed by atoms with Crippen LogP contribution in [0.25, 0.3) is 0 Å². The largest absolute Gasteiger partial charge is 0.368 e. The lowest BCUT2D eigenvalue weighted by molar-refractivity contribution is -0.126. The second kappa shape index (κ2) is 5.47. The smallest absolute Gasteiger partial charge is 0.253 e. The van der Waals surface area contributed by atoms with E-state index in [1.165, 1.54) is 0 Å². The average Bonchev–Trinajstić information content (AvgIpc) is 2.73. The maximum absolute atomic E-state index is 13.4. The zero-order valence-corrected chi connectivity index (χ0v) is 11.6. The van der Waals surface area contributed by atoms with E-state index < -0.39 is 32.7 Å². The molecule has 1 fully saturated rings. The minimum Gasteiger partial charge on any atom is -0.368 e. The van der Waals surface area contributed by atoms with Gasteiger partial charge in [0.1, 0.15) is 11.9 Å². The van der Waals surface area contributed by atoms with E-state index in [1.54, 1.807) is 0 Å². The summed E-state index contributed by atoms with van der Waals surface area (Å²) in [7, 11) is -4.04. The van der Waals surface area contributed by atoms with E-state index in [0.29, 0.717) is 6.61 Å². The number of benzene rings is 1. The third-order valence-electron chi connectivity index (χ3n) is 3.11. The van der Waals surface area contributed by atoms with Gasteiger partial charge in [-0.3, -0.25) is 4.79 Å². The summed E-state index contributed by atoms with van der Waals surface area (Å²) in [6.45, 7) is 2.36. The summed E-state index contributed by atoms with van der Waals surface area (Å²) < 4.78 is 41.0. The number of amides is 1. The van der Waals surface area contributed by atoms with E-state index in [2.05, 4.69) is 5.32 Å².